The third-order valence-electron chi connectivity index (χ3n) is 2.81. The molecule has 0 spiro atoms. The number of unbranched alkanes of at least 4 members (excludes halogenated alkanes) is 1. The molecule has 0 radical (unpaired) electrons. The molecule has 0 aliphatic heterocycles. The molecule has 0 unspecified atom stereocenters. The van der Waals surface area contributed by atoms with E-state index in [-0.39, 0.29) is 5.91 Å². The number of rotatable bonds is 4. The van der Waals surface area contributed by atoms with Gasteiger partial charge in [-0.2, -0.15) is 10.2 Å². The molecule has 94 valence electrons. The number of hydrogen-bond donors (Lipinski definition) is 1. The summed E-state index contributed by atoms with van der Waals surface area (Å²) < 4.78 is 0. The fourth-order valence-corrected chi connectivity index (χ4v) is 1.93. The number of aryl methyl sites for hydroxylation is 1. The molecular formula is C14H17N3O. The molecule has 0 saturated carbocycles. The van der Waals surface area contributed by atoms with Crippen LogP contribution in [0.1, 0.15) is 32.4 Å². The minimum atomic E-state index is -0.0779. The average molecular weight is 243 g/mol. The zero-order valence-corrected chi connectivity index (χ0v) is 10.7. The Bertz CT molecular complexity index is 566. The summed E-state index contributed by atoms with van der Waals surface area (Å²) in [6, 6.07) is 7.72. The molecule has 1 amide bonds. The highest BCUT2D eigenvalue weighted by atomic mass is 16.1. The summed E-state index contributed by atoms with van der Waals surface area (Å²) in [6.07, 6.45) is 2.97. The number of carbonyl (C=O) groups is 1. The number of amides is 1. The van der Waals surface area contributed by atoms with Crippen molar-refractivity contribution in [3.8, 4) is 0 Å². The van der Waals surface area contributed by atoms with Crippen molar-refractivity contribution in [1.82, 2.24) is 10.2 Å². The molecule has 4 heteroatoms. The van der Waals surface area contributed by atoms with Crippen LogP contribution in [0.5, 0.6) is 0 Å². The van der Waals surface area contributed by atoms with Crippen molar-refractivity contribution in [2.24, 2.45) is 0 Å². The number of anilines is 1. The van der Waals surface area contributed by atoms with Crippen molar-refractivity contribution in [3.05, 3.63) is 30.0 Å². The topological polar surface area (TPSA) is 54.9 Å². The smallest absolute Gasteiger partial charge is 0.221 e. The standard InChI is InChI=1S/C14H17N3O/c1-3-4-8-13-14(15-10(2)18)11-7-5-6-9-12(11)16-17-13/h5-7,9H,3-4,8H2,1-2H3,(H,15,16,18). The Morgan fingerprint density at radius 3 is 2.78 bits per heavy atom. The lowest BCUT2D eigenvalue weighted by Crippen LogP contribution is -2.11. The molecule has 18 heavy (non-hydrogen) atoms. The van der Waals surface area contributed by atoms with Crippen molar-refractivity contribution in [3.63, 3.8) is 0 Å². The van der Waals surface area contributed by atoms with E-state index in [9.17, 15) is 4.79 Å². The van der Waals surface area contributed by atoms with Crippen LogP contribution in [0.3, 0.4) is 0 Å². The van der Waals surface area contributed by atoms with Crippen molar-refractivity contribution < 1.29 is 4.79 Å². The Hall–Kier alpha value is -1.97. The lowest BCUT2D eigenvalue weighted by atomic mass is 10.1. The van der Waals surface area contributed by atoms with Crippen LogP contribution in [0.2, 0.25) is 0 Å². The Morgan fingerprint density at radius 1 is 1.28 bits per heavy atom. The molecule has 2 aromatic rings. The number of nitrogens with one attached hydrogen (secondary N) is 1. The van der Waals surface area contributed by atoms with Gasteiger partial charge in [-0.15, -0.1) is 0 Å². The summed E-state index contributed by atoms with van der Waals surface area (Å²) in [5.41, 5.74) is 2.48. The maximum atomic E-state index is 11.3. The first-order valence-corrected chi connectivity index (χ1v) is 6.24. The molecule has 2 rings (SSSR count). The van der Waals surface area contributed by atoms with Crippen molar-refractivity contribution >= 4 is 22.5 Å². The number of carbonyl (C=O) groups excluding carboxylic acids is 1. The second-order valence-corrected chi connectivity index (χ2v) is 4.32. The van der Waals surface area contributed by atoms with E-state index in [1.54, 1.807) is 0 Å². The van der Waals surface area contributed by atoms with Crippen LogP contribution in [-0.4, -0.2) is 16.1 Å². The van der Waals surface area contributed by atoms with Gasteiger partial charge in [-0.1, -0.05) is 31.5 Å². The molecule has 1 aromatic heterocycles. The van der Waals surface area contributed by atoms with Crippen molar-refractivity contribution in [1.29, 1.82) is 0 Å². The first-order chi connectivity index (χ1) is 8.72. The van der Waals surface area contributed by atoms with Gasteiger partial charge in [0.15, 0.2) is 0 Å². The van der Waals surface area contributed by atoms with Gasteiger partial charge in [-0.3, -0.25) is 4.79 Å². The first kappa shape index (κ1) is 12.5. The molecular weight excluding hydrogens is 226 g/mol. The Kier molecular flexibility index (Phi) is 3.87. The normalized spacial score (nSPS) is 10.6. The van der Waals surface area contributed by atoms with Gasteiger partial charge < -0.3 is 5.32 Å². The van der Waals surface area contributed by atoms with Crippen molar-refractivity contribution in [2.75, 3.05) is 5.32 Å². The zero-order valence-electron chi connectivity index (χ0n) is 10.7. The van der Waals surface area contributed by atoms with Gasteiger partial charge in [0, 0.05) is 12.3 Å². The van der Waals surface area contributed by atoms with E-state index in [4.69, 9.17) is 0 Å². The Balaban J connectivity index is 2.51. The molecule has 1 N–H and O–H groups in total. The quantitative estimate of drug-likeness (QED) is 0.898. The predicted molar refractivity (Wildman–Crippen MR) is 72.5 cm³/mol. The number of hydrogen-bond acceptors (Lipinski definition) is 3. The average Bonchev–Trinajstić information content (AvgIpc) is 2.37. The molecule has 0 aliphatic rings. The summed E-state index contributed by atoms with van der Waals surface area (Å²) in [5, 5.41) is 12.3. The molecule has 1 heterocycles. The molecule has 0 atom stereocenters. The molecule has 0 fully saturated rings. The molecule has 0 aliphatic carbocycles. The van der Waals surface area contributed by atoms with E-state index < -0.39 is 0 Å². The van der Waals surface area contributed by atoms with Gasteiger partial charge in [0.2, 0.25) is 5.91 Å². The maximum absolute atomic E-state index is 11.3. The number of aromatic nitrogens is 2. The monoisotopic (exact) mass is 243 g/mol. The van der Waals surface area contributed by atoms with Gasteiger partial charge in [0.05, 0.1) is 16.9 Å². The molecule has 0 bridgehead atoms. The van der Waals surface area contributed by atoms with Crippen LogP contribution in [0.25, 0.3) is 10.9 Å². The van der Waals surface area contributed by atoms with Crippen LogP contribution >= 0.6 is 0 Å². The molecule has 1 aromatic carbocycles. The van der Waals surface area contributed by atoms with Crippen LogP contribution in [-0.2, 0) is 11.2 Å². The lowest BCUT2D eigenvalue weighted by Gasteiger charge is -2.11. The third kappa shape index (κ3) is 2.64. The minimum Gasteiger partial charge on any atom is -0.324 e. The van der Waals surface area contributed by atoms with Crippen LogP contribution in [0, 0.1) is 0 Å². The Morgan fingerprint density at radius 2 is 2.06 bits per heavy atom. The minimum absolute atomic E-state index is 0.0779. The van der Waals surface area contributed by atoms with E-state index in [1.165, 1.54) is 6.92 Å². The summed E-state index contributed by atoms with van der Waals surface area (Å²) >= 11 is 0. The molecule has 0 saturated heterocycles. The van der Waals surface area contributed by atoms with Gasteiger partial charge >= 0.3 is 0 Å². The second kappa shape index (κ2) is 5.58. The van der Waals surface area contributed by atoms with Gasteiger partial charge in [0.25, 0.3) is 0 Å². The zero-order chi connectivity index (χ0) is 13.0. The highest BCUT2D eigenvalue weighted by molar-refractivity contribution is 6.00. The first-order valence-electron chi connectivity index (χ1n) is 6.24. The van der Waals surface area contributed by atoms with E-state index in [1.807, 2.05) is 24.3 Å². The van der Waals surface area contributed by atoms with Crippen LogP contribution in [0.15, 0.2) is 24.3 Å². The highest BCUT2D eigenvalue weighted by Crippen LogP contribution is 2.25. The lowest BCUT2D eigenvalue weighted by molar-refractivity contribution is -0.114. The van der Waals surface area contributed by atoms with Crippen molar-refractivity contribution in [2.45, 2.75) is 33.1 Å². The van der Waals surface area contributed by atoms with Crippen LogP contribution in [0.4, 0.5) is 5.69 Å². The van der Waals surface area contributed by atoms with E-state index in [0.29, 0.717) is 0 Å². The third-order valence-corrected chi connectivity index (χ3v) is 2.81. The summed E-state index contributed by atoms with van der Waals surface area (Å²) in [4.78, 5) is 11.3. The molecule has 4 nitrogen and oxygen atoms in total. The maximum Gasteiger partial charge on any atom is 0.221 e. The van der Waals surface area contributed by atoms with E-state index in [0.717, 1.165) is 41.5 Å². The van der Waals surface area contributed by atoms with Gasteiger partial charge in [0.1, 0.15) is 0 Å². The highest BCUT2D eigenvalue weighted by Gasteiger charge is 2.11. The Labute approximate surface area is 106 Å². The number of nitrogens with zero attached hydrogens (tertiary/aromatic N) is 2. The van der Waals surface area contributed by atoms with Gasteiger partial charge in [-0.05, 0) is 18.9 Å². The summed E-state index contributed by atoms with van der Waals surface area (Å²) in [6.45, 7) is 3.64. The number of benzene rings is 1. The van der Waals surface area contributed by atoms with Gasteiger partial charge in [-0.25, -0.2) is 0 Å². The fourth-order valence-electron chi connectivity index (χ4n) is 1.93. The second-order valence-electron chi connectivity index (χ2n) is 4.32. The fraction of sp³-hybridized carbons (Fsp3) is 0.357. The van der Waals surface area contributed by atoms with E-state index in [2.05, 4.69) is 22.4 Å². The SMILES string of the molecule is CCCCc1nnc2ccccc2c1NC(C)=O. The van der Waals surface area contributed by atoms with Crippen LogP contribution < -0.4 is 5.32 Å². The largest absolute Gasteiger partial charge is 0.324 e. The predicted octanol–water partition coefficient (Wildman–Crippen LogP) is 2.93. The summed E-state index contributed by atoms with van der Waals surface area (Å²) in [5.74, 6) is -0.0779. The van der Waals surface area contributed by atoms with E-state index >= 15 is 0 Å². The number of fused-ring (bicyclic) bond motifs is 1. The summed E-state index contributed by atoms with van der Waals surface area (Å²) in [7, 11) is 0.